The van der Waals surface area contributed by atoms with Crippen molar-refractivity contribution in [3.8, 4) is 0 Å². The normalized spacial score (nSPS) is 15.8. The summed E-state index contributed by atoms with van der Waals surface area (Å²) >= 11 is 0. The van der Waals surface area contributed by atoms with Gasteiger partial charge in [-0.1, -0.05) is 20.8 Å². The molecule has 0 amide bonds. The topological polar surface area (TPSA) is 75.3 Å². The summed E-state index contributed by atoms with van der Waals surface area (Å²) in [5, 5.41) is 8.81. The minimum atomic E-state index is -0.0681. The Morgan fingerprint density at radius 1 is 0.840 bits per heavy atom. The van der Waals surface area contributed by atoms with Crippen molar-refractivity contribution >= 4 is 17.4 Å². The van der Waals surface area contributed by atoms with Crippen molar-refractivity contribution in [2.75, 3.05) is 36.0 Å². The zero-order chi connectivity index (χ0) is 17.4. The van der Waals surface area contributed by atoms with Crippen LogP contribution < -0.4 is 9.80 Å². The van der Waals surface area contributed by atoms with Gasteiger partial charge in [0, 0.05) is 56.4 Å². The Hall–Kier alpha value is -2.77. The number of rotatable bonds is 2. The number of piperazine rings is 1. The molecule has 1 aliphatic rings. The predicted molar refractivity (Wildman–Crippen MR) is 95.9 cm³/mol. The SMILES string of the molecule is CC(C)(C)c1nnc2c(N3CCN(c4ncccn4)CC3)nccn12. The molecule has 1 aliphatic heterocycles. The summed E-state index contributed by atoms with van der Waals surface area (Å²) in [6.45, 7) is 9.83. The highest BCUT2D eigenvalue weighted by Gasteiger charge is 2.25. The van der Waals surface area contributed by atoms with Crippen molar-refractivity contribution in [3.05, 3.63) is 36.7 Å². The highest BCUT2D eigenvalue weighted by Crippen LogP contribution is 2.25. The van der Waals surface area contributed by atoms with Gasteiger partial charge in [-0.25, -0.2) is 15.0 Å². The molecule has 25 heavy (non-hydrogen) atoms. The molecule has 0 spiro atoms. The van der Waals surface area contributed by atoms with E-state index in [2.05, 4.69) is 60.1 Å². The zero-order valence-electron chi connectivity index (χ0n) is 14.8. The lowest BCUT2D eigenvalue weighted by Gasteiger charge is -2.35. The smallest absolute Gasteiger partial charge is 0.225 e. The Morgan fingerprint density at radius 2 is 1.52 bits per heavy atom. The van der Waals surface area contributed by atoms with E-state index in [1.54, 1.807) is 12.4 Å². The summed E-state index contributed by atoms with van der Waals surface area (Å²) in [5.41, 5.74) is 0.748. The molecule has 0 bridgehead atoms. The lowest BCUT2D eigenvalue weighted by molar-refractivity contribution is 0.538. The summed E-state index contributed by atoms with van der Waals surface area (Å²) in [5.74, 6) is 2.62. The van der Waals surface area contributed by atoms with Gasteiger partial charge in [0.2, 0.25) is 11.6 Å². The van der Waals surface area contributed by atoms with Crippen LogP contribution in [0.3, 0.4) is 0 Å². The van der Waals surface area contributed by atoms with Gasteiger partial charge in [-0.15, -0.1) is 10.2 Å². The second-order valence-corrected chi connectivity index (χ2v) is 7.24. The quantitative estimate of drug-likeness (QED) is 0.701. The maximum atomic E-state index is 4.58. The van der Waals surface area contributed by atoms with Gasteiger partial charge >= 0.3 is 0 Å². The van der Waals surface area contributed by atoms with Crippen LogP contribution in [0.2, 0.25) is 0 Å². The first-order valence-electron chi connectivity index (χ1n) is 8.51. The maximum absolute atomic E-state index is 4.58. The molecule has 0 saturated carbocycles. The summed E-state index contributed by atoms with van der Waals surface area (Å²) in [7, 11) is 0. The first-order valence-corrected chi connectivity index (χ1v) is 8.51. The van der Waals surface area contributed by atoms with E-state index in [4.69, 9.17) is 0 Å². The van der Waals surface area contributed by atoms with E-state index < -0.39 is 0 Å². The fourth-order valence-electron chi connectivity index (χ4n) is 3.12. The van der Waals surface area contributed by atoms with Crippen LogP contribution >= 0.6 is 0 Å². The van der Waals surface area contributed by atoms with Gasteiger partial charge in [-0.2, -0.15) is 0 Å². The predicted octanol–water partition coefficient (Wildman–Crippen LogP) is 1.54. The van der Waals surface area contributed by atoms with Crippen LogP contribution in [0.25, 0.3) is 5.65 Å². The number of fused-ring (bicyclic) bond motifs is 1. The second-order valence-electron chi connectivity index (χ2n) is 7.24. The van der Waals surface area contributed by atoms with E-state index in [9.17, 15) is 0 Å². The minimum Gasteiger partial charge on any atom is -0.350 e. The maximum Gasteiger partial charge on any atom is 0.225 e. The molecule has 0 unspecified atom stereocenters. The second kappa shape index (κ2) is 5.94. The Kier molecular flexibility index (Phi) is 3.74. The molecule has 0 aliphatic carbocycles. The summed E-state index contributed by atoms with van der Waals surface area (Å²) in [4.78, 5) is 17.7. The lowest BCUT2D eigenvalue weighted by Crippen LogP contribution is -2.47. The molecule has 4 rings (SSSR count). The van der Waals surface area contributed by atoms with Crippen LogP contribution in [0.5, 0.6) is 0 Å². The van der Waals surface area contributed by atoms with Crippen LogP contribution in [0.15, 0.2) is 30.9 Å². The van der Waals surface area contributed by atoms with E-state index in [-0.39, 0.29) is 5.41 Å². The molecule has 8 nitrogen and oxygen atoms in total. The number of nitrogens with zero attached hydrogens (tertiary/aromatic N) is 8. The molecule has 1 fully saturated rings. The van der Waals surface area contributed by atoms with E-state index in [1.165, 1.54) is 0 Å². The van der Waals surface area contributed by atoms with Gasteiger partial charge in [0.05, 0.1) is 0 Å². The van der Waals surface area contributed by atoms with Crippen LogP contribution in [0.4, 0.5) is 11.8 Å². The van der Waals surface area contributed by atoms with E-state index in [0.29, 0.717) is 0 Å². The third kappa shape index (κ3) is 2.88. The molecule has 4 heterocycles. The molecule has 0 atom stereocenters. The van der Waals surface area contributed by atoms with Crippen molar-refractivity contribution in [2.45, 2.75) is 26.2 Å². The van der Waals surface area contributed by atoms with Crippen molar-refractivity contribution < 1.29 is 0 Å². The van der Waals surface area contributed by atoms with Gasteiger partial charge in [0.25, 0.3) is 0 Å². The molecule has 130 valence electrons. The molecule has 1 saturated heterocycles. The fourth-order valence-corrected chi connectivity index (χ4v) is 3.12. The number of hydrogen-bond donors (Lipinski definition) is 0. The third-order valence-corrected chi connectivity index (χ3v) is 4.39. The zero-order valence-corrected chi connectivity index (χ0v) is 14.8. The van der Waals surface area contributed by atoms with Gasteiger partial charge in [-0.05, 0) is 6.07 Å². The van der Waals surface area contributed by atoms with Gasteiger partial charge < -0.3 is 9.80 Å². The molecular weight excluding hydrogens is 316 g/mol. The molecule has 0 radical (unpaired) electrons. The van der Waals surface area contributed by atoms with Crippen LogP contribution in [-0.4, -0.2) is 55.7 Å². The van der Waals surface area contributed by atoms with E-state index in [0.717, 1.165) is 49.4 Å². The Bertz CT molecular complexity index is 859. The van der Waals surface area contributed by atoms with E-state index >= 15 is 0 Å². The van der Waals surface area contributed by atoms with Gasteiger partial charge in [-0.3, -0.25) is 4.40 Å². The first-order chi connectivity index (χ1) is 12.0. The standard InChI is InChI=1S/C17H22N8/c1-17(2,3)15-22-21-14-13(18-7-8-25(14)15)23-9-11-24(12-10-23)16-19-5-4-6-20-16/h4-8H,9-12H2,1-3H3. The average molecular weight is 338 g/mol. The van der Waals surface area contributed by atoms with Crippen molar-refractivity contribution in [2.24, 2.45) is 0 Å². The third-order valence-electron chi connectivity index (χ3n) is 4.39. The van der Waals surface area contributed by atoms with Crippen molar-refractivity contribution in [3.63, 3.8) is 0 Å². The number of hydrogen-bond acceptors (Lipinski definition) is 7. The lowest BCUT2D eigenvalue weighted by atomic mass is 9.96. The molecule has 8 heteroatoms. The van der Waals surface area contributed by atoms with Crippen LogP contribution in [-0.2, 0) is 5.41 Å². The average Bonchev–Trinajstić information content (AvgIpc) is 3.07. The Labute approximate surface area is 146 Å². The van der Waals surface area contributed by atoms with Gasteiger partial charge in [0.15, 0.2) is 5.82 Å². The van der Waals surface area contributed by atoms with Crippen LogP contribution in [0.1, 0.15) is 26.6 Å². The summed E-state index contributed by atoms with van der Waals surface area (Å²) in [6.07, 6.45) is 7.32. The first kappa shape index (κ1) is 15.7. The number of aromatic nitrogens is 6. The highest BCUT2D eigenvalue weighted by atomic mass is 15.4. The summed E-state index contributed by atoms with van der Waals surface area (Å²) < 4.78 is 2.05. The number of anilines is 2. The summed E-state index contributed by atoms with van der Waals surface area (Å²) in [6, 6.07) is 1.84. The molecular formula is C17H22N8. The van der Waals surface area contributed by atoms with E-state index in [1.807, 2.05) is 18.5 Å². The molecule has 0 N–H and O–H groups in total. The van der Waals surface area contributed by atoms with Crippen molar-refractivity contribution in [1.29, 1.82) is 0 Å². The minimum absolute atomic E-state index is 0.0681. The highest BCUT2D eigenvalue weighted by molar-refractivity contribution is 5.64. The van der Waals surface area contributed by atoms with Crippen LogP contribution in [0, 0.1) is 0 Å². The Morgan fingerprint density at radius 3 is 2.20 bits per heavy atom. The Balaban J connectivity index is 1.58. The largest absolute Gasteiger partial charge is 0.350 e. The molecule has 0 aromatic carbocycles. The molecule has 3 aromatic heterocycles. The monoisotopic (exact) mass is 338 g/mol. The molecule has 3 aromatic rings. The van der Waals surface area contributed by atoms with Crippen molar-refractivity contribution in [1.82, 2.24) is 29.5 Å². The van der Waals surface area contributed by atoms with Gasteiger partial charge in [0.1, 0.15) is 5.82 Å². The fraction of sp³-hybridized carbons (Fsp3) is 0.471.